The van der Waals surface area contributed by atoms with Crippen molar-refractivity contribution in [2.24, 2.45) is 0 Å². The number of hydrogen-bond acceptors (Lipinski definition) is 5. The van der Waals surface area contributed by atoms with Crippen LogP contribution in [-0.2, 0) is 14.3 Å². The van der Waals surface area contributed by atoms with Gasteiger partial charge in [0.1, 0.15) is 6.54 Å². The SMILES string of the molecule is CCOC(=O)CN(C(=O)/C=C\c1cscn1)C1CCCCC1. The highest BCUT2D eigenvalue weighted by Gasteiger charge is 2.26. The molecule has 6 heteroatoms. The second kappa shape index (κ2) is 8.68. The molecule has 1 heterocycles. The van der Waals surface area contributed by atoms with E-state index in [0.717, 1.165) is 31.4 Å². The average Bonchev–Trinajstić information content (AvgIpc) is 3.05. The number of esters is 1. The maximum atomic E-state index is 12.5. The molecule has 1 aliphatic rings. The topological polar surface area (TPSA) is 59.5 Å². The Labute approximate surface area is 135 Å². The molecular formula is C16H22N2O3S. The van der Waals surface area contributed by atoms with Gasteiger partial charge in [0.05, 0.1) is 17.8 Å². The number of ether oxygens (including phenoxy) is 1. The smallest absolute Gasteiger partial charge is 0.325 e. The van der Waals surface area contributed by atoms with Gasteiger partial charge in [-0.2, -0.15) is 0 Å². The van der Waals surface area contributed by atoms with Crippen LogP contribution in [0.15, 0.2) is 17.0 Å². The summed E-state index contributed by atoms with van der Waals surface area (Å²) in [6.45, 7) is 2.13. The molecule has 1 fully saturated rings. The van der Waals surface area contributed by atoms with E-state index in [1.54, 1.807) is 23.4 Å². The summed E-state index contributed by atoms with van der Waals surface area (Å²) in [6.07, 6.45) is 8.51. The molecule has 0 unspecified atom stereocenters. The van der Waals surface area contributed by atoms with Gasteiger partial charge >= 0.3 is 5.97 Å². The average molecular weight is 322 g/mol. The van der Waals surface area contributed by atoms with E-state index in [1.165, 1.54) is 23.8 Å². The first-order valence-electron chi connectivity index (χ1n) is 7.73. The van der Waals surface area contributed by atoms with Crippen molar-refractivity contribution >= 4 is 29.3 Å². The molecule has 0 aliphatic heterocycles. The lowest BCUT2D eigenvalue weighted by Crippen LogP contribution is -2.44. The lowest BCUT2D eigenvalue weighted by molar-refractivity contribution is -0.149. The van der Waals surface area contributed by atoms with Gasteiger partial charge in [-0.05, 0) is 25.8 Å². The molecule has 1 saturated carbocycles. The first-order valence-corrected chi connectivity index (χ1v) is 8.67. The fourth-order valence-corrected chi connectivity index (χ4v) is 3.20. The number of nitrogens with zero attached hydrogens (tertiary/aromatic N) is 2. The normalized spacial score (nSPS) is 15.9. The van der Waals surface area contributed by atoms with E-state index in [0.29, 0.717) is 6.61 Å². The molecule has 1 amide bonds. The first kappa shape index (κ1) is 16.7. The van der Waals surface area contributed by atoms with Crippen molar-refractivity contribution in [1.82, 2.24) is 9.88 Å². The Balaban J connectivity index is 2.04. The first-order chi connectivity index (χ1) is 10.7. The van der Waals surface area contributed by atoms with Gasteiger partial charge in [-0.1, -0.05) is 19.3 Å². The van der Waals surface area contributed by atoms with E-state index in [4.69, 9.17) is 4.74 Å². The van der Waals surface area contributed by atoms with Gasteiger partial charge in [-0.25, -0.2) is 4.98 Å². The van der Waals surface area contributed by atoms with Crippen LogP contribution in [0.1, 0.15) is 44.7 Å². The standard InChI is InChI=1S/C16H22N2O3S/c1-2-21-16(20)10-18(14-6-4-3-5-7-14)15(19)9-8-13-11-22-12-17-13/h8-9,11-12,14H,2-7,10H2,1H3/b9-8-. The molecule has 22 heavy (non-hydrogen) atoms. The Hall–Kier alpha value is -1.69. The van der Waals surface area contributed by atoms with Gasteiger partial charge in [0, 0.05) is 17.5 Å². The second-order valence-electron chi connectivity index (χ2n) is 5.31. The van der Waals surface area contributed by atoms with Crippen LogP contribution in [0.2, 0.25) is 0 Å². The predicted molar refractivity (Wildman–Crippen MR) is 86.4 cm³/mol. The van der Waals surface area contributed by atoms with Crippen molar-refractivity contribution in [1.29, 1.82) is 0 Å². The third-order valence-electron chi connectivity index (χ3n) is 3.75. The molecule has 1 aromatic heterocycles. The number of carbonyl (C=O) groups is 2. The summed E-state index contributed by atoms with van der Waals surface area (Å²) in [6, 6.07) is 0.130. The number of rotatable bonds is 6. The summed E-state index contributed by atoms with van der Waals surface area (Å²) in [5, 5.41) is 1.88. The van der Waals surface area contributed by atoms with Crippen LogP contribution in [0.25, 0.3) is 6.08 Å². The van der Waals surface area contributed by atoms with E-state index in [1.807, 2.05) is 5.38 Å². The van der Waals surface area contributed by atoms with Crippen LogP contribution < -0.4 is 0 Å². The van der Waals surface area contributed by atoms with Crippen molar-refractivity contribution in [3.63, 3.8) is 0 Å². The highest BCUT2D eigenvalue weighted by Crippen LogP contribution is 2.23. The number of hydrogen-bond donors (Lipinski definition) is 0. The Morgan fingerprint density at radius 3 is 2.82 bits per heavy atom. The van der Waals surface area contributed by atoms with Crippen LogP contribution in [0.3, 0.4) is 0 Å². The van der Waals surface area contributed by atoms with E-state index in [9.17, 15) is 9.59 Å². The quantitative estimate of drug-likeness (QED) is 0.597. The Kier molecular flexibility index (Phi) is 6.58. The summed E-state index contributed by atoms with van der Waals surface area (Å²) in [4.78, 5) is 30.0. The lowest BCUT2D eigenvalue weighted by atomic mass is 9.94. The van der Waals surface area contributed by atoms with Crippen LogP contribution in [-0.4, -0.2) is 41.0 Å². The molecule has 5 nitrogen and oxygen atoms in total. The number of carbonyl (C=O) groups excluding carboxylic acids is 2. The number of amides is 1. The van der Waals surface area contributed by atoms with Crippen molar-refractivity contribution < 1.29 is 14.3 Å². The molecule has 1 aliphatic carbocycles. The van der Waals surface area contributed by atoms with Gasteiger partial charge in [-0.3, -0.25) is 9.59 Å². The van der Waals surface area contributed by atoms with Gasteiger partial charge < -0.3 is 9.64 Å². The maximum absolute atomic E-state index is 12.5. The van der Waals surface area contributed by atoms with E-state index in [-0.39, 0.29) is 24.5 Å². The highest BCUT2D eigenvalue weighted by atomic mass is 32.1. The summed E-state index contributed by atoms with van der Waals surface area (Å²) < 4.78 is 5.00. The highest BCUT2D eigenvalue weighted by molar-refractivity contribution is 7.07. The summed E-state index contributed by atoms with van der Waals surface area (Å²) in [5.74, 6) is -0.489. The summed E-state index contributed by atoms with van der Waals surface area (Å²) in [7, 11) is 0. The minimum absolute atomic E-state index is 0.0265. The molecule has 0 saturated heterocycles. The number of thiazole rings is 1. The van der Waals surface area contributed by atoms with Gasteiger partial charge in [-0.15, -0.1) is 11.3 Å². The number of aromatic nitrogens is 1. The van der Waals surface area contributed by atoms with Crippen LogP contribution in [0, 0.1) is 0 Å². The fourth-order valence-electron chi connectivity index (χ4n) is 2.68. The molecular weight excluding hydrogens is 300 g/mol. The predicted octanol–water partition coefficient (Wildman–Crippen LogP) is 2.88. The summed E-state index contributed by atoms with van der Waals surface area (Å²) in [5.41, 5.74) is 2.49. The molecule has 1 aromatic rings. The molecule has 2 rings (SSSR count). The van der Waals surface area contributed by atoms with Gasteiger partial charge in [0.15, 0.2) is 0 Å². The largest absolute Gasteiger partial charge is 0.465 e. The molecule has 0 N–H and O–H groups in total. The maximum Gasteiger partial charge on any atom is 0.325 e. The van der Waals surface area contributed by atoms with Crippen LogP contribution in [0.5, 0.6) is 0 Å². The van der Waals surface area contributed by atoms with Crippen LogP contribution >= 0.6 is 11.3 Å². The molecule has 0 radical (unpaired) electrons. The Morgan fingerprint density at radius 1 is 1.41 bits per heavy atom. The Morgan fingerprint density at radius 2 is 2.18 bits per heavy atom. The van der Waals surface area contributed by atoms with E-state index < -0.39 is 0 Å². The third-order valence-corrected chi connectivity index (χ3v) is 4.36. The molecule has 120 valence electrons. The molecule has 0 atom stereocenters. The van der Waals surface area contributed by atoms with Gasteiger partial charge in [0.2, 0.25) is 5.91 Å². The lowest BCUT2D eigenvalue weighted by Gasteiger charge is -2.33. The van der Waals surface area contributed by atoms with Crippen molar-refractivity contribution in [2.45, 2.75) is 45.1 Å². The molecule has 0 spiro atoms. The summed E-state index contributed by atoms with van der Waals surface area (Å²) >= 11 is 1.48. The van der Waals surface area contributed by atoms with Crippen LogP contribution in [0.4, 0.5) is 0 Å². The van der Waals surface area contributed by atoms with Crippen molar-refractivity contribution in [3.05, 3.63) is 22.7 Å². The zero-order valence-electron chi connectivity index (χ0n) is 12.9. The van der Waals surface area contributed by atoms with E-state index >= 15 is 0 Å². The minimum Gasteiger partial charge on any atom is -0.465 e. The molecule has 0 aromatic carbocycles. The van der Waals surface area contributed by atoms with E-state index in [2.05, 4.69) is 4.98 Å². The Bertz CT molecular complexity index is 507. The fraction of sp³-hybridized carbons (Fsp3) is 0.562. The zero-order chi connectivity index (χ0) is 15.8. The van der Waals surface area contributed by atoms with Gasteiger partial charge in [0.25, 0.3) is 0 Å². The zero-order valence-corrected chi connectivity index (χ0v) is 13.7. The minimum atomic E-state index is -0.344. The monoisotopic (exact) mass is 322 g/mol. The van der Waals surface area contributed by atoms with Crippen molar-refractivity contribution in [3.8, 4) is 0 Å². The molecule has 0 bridgehead atoms. The second-order valence-corrected chi connectivity index (χ2v) is 6.03. The third kappa shape index (κ3) is 4.94. The van der Waals surface area contributed by atoms with Crippen molar-refractivity contribution in [2.75, 3.05) is 13.2 Å².